The highest BCUT2D eigenvalue weighted by Gasteiger charge is 2.09. The van der Waals surface area contributed by atoms with Gasteiger partial charge >= 0.3 is 0 Å². The van der Waals surface area contributed by atoms with Crippen molar-refractivity contribution in [3.05, 3.63) is 55.7 Å². The molecular weight excluding hydrogens is 415 g/mol. The number of aromatic nitrogens is 1. The summed E-state index contributed by atoms with van der Waals surface area (Å²) in [6.45, 7) is 0. The lowest BCUT2D eigenvalue weighted by Crippen LogP contribution is -2.14. The zero-order valence-corrected chi connectivity index (χ0v) is 14.7. The first-order valence-corrected chi connectivity index (χ1v) is 9.13. The van der Waals surface area contributed by atoms with E-state index in [1.807, 2.05) is 41.1 Å². The average Bonchev–Trinajstić information content (AvgIpc) is 3.08. The van der Waals surface area contributed by atoms with Crippen LogP contribution in [0.25, 0.3) is 10.6 Å². The number of nitrogens with zero attached hydrogens (tertiary/aromatic N) is 1. The number of halogens is 1. The number of hydrogen-bond donors (Lipinski definition) is 1. The summed E-state index contributed by atoms with van der Waals surface area (Å²) in [5, 5.41) is 9.90. The predicted molar refractivity (Wildman–Crippen MR) is 96.9 cm³/mol. The van der Waals surface area contributed by atoms with E-state index in [-0.39, 0.29) is 5.91 Å². The molecule has 0 atom stereocenters. The molecule has 1 amide bonds. The monoisotopic (exact) mass is 426 g/mol. The molecule has 0 aliphatic carbocycles. The second-order valence-corrected chi connectivity index (χ2v) is 7.28. The minimum Gasteiger partial charge on any atom is -0.326 e. The zero-order valence-electron chi connectivity index (χ0n) is 10.9. The van der Waals surface area contributed by atoms with E-state index in [2.05, 4.69) is 38.3 Å². The average molecular weight is 426 g/mol. The summed E-state index contributed by atoms with van der Waals surface area (Å²) in [5.41, 5.74) is 2.75. The van der Waals surface area contributed by atoms with Crippen LogP contribution in [-0.2, 0) is 11.2 Å². The minimum absolute atomic E-state index is 0.0424. The molecule has 2 aromatic heterocycles. The van der Waals surface area contributed by atoms with E-state index >= 15 is 0 Å². The Kier molecular flexibility index (Phi) is 4.67. The van der Waals surface area contributed by atoms with Crippen molar-refractivity contribution < 1.29 is 4.79 Å². The summed E-state index contributed by atoms with van der Waals surface area (Å²) in [4.78, 5) is 16.6. The fourth-order valence-corrected chi connectivity index (χ4v) is 3.92. The third-order valence-corrected chi connectivity index (χ3v) is 5.06. The highest BCUT2D eigenvalue weighted by Crippen LogP contribution is 2.25. The van der Waals surface area contributed by atoms with Crippen molar-refractivity contribution in [1.29, 1.82) is 0 Å². The van der Waals surface area contributed by atoms with Crippen LogP contribution in [0.3, 0.4) is 0 Å². The molecule has 3 aromatic rings. The van der Waals surface area contributed by atoms with Gasteiger partial charge in [0.1, 0.15) is 5.01 Å². The number of carbonyl (C=O) groups excluding carboxylic acids is 1. The van der Waals surface area contributed by atoms with Crippen LogP contribution in [0.1, 0.15) is 5.69 Å². The van der Waals surface area contributed by atoms with E-state index in [0.717, 1.165) is 25.5 Å². The lowest BCUT2D eigenvalue weighted by atomic mass is 10.3. The summed E-state index contributed by atoms with van der Waals surface area (Å²) in [6, 6.07) is 9.78. The molecule has 2 heterocycles. The number of thiazole rings is 1. The fourth-order valence-electron chi connectivity index (χ4n) is 1.84. The van der Waals surface area contributed by atoms with Gasteiger partial charge in [-0.1, -0.05) is 6.07 Å². The van der Waals surface area contributed by atoms with Crippen molar-refractivity contribution in [3.8, 4) is 10.6 Å². The number of benzene rings is 1. The van der Waals surface area contributed by atoms with Crippen LogP contribution in [0.5, 0.6) is 0 Å². The van der Waals surface area contributed by atoms with E-state index < -0.39 is 0 Å². The first-order valence-electron chi connectivity index (χ1n) is 6.23. The van der Waals surface area contributed by atoms with E-state index in [1.54, 1.807) is 22.7 Å². The van der Waals surface area contributed by atoms with Crippen molar-refractivity contribution in [2.24, 2.45) is 0 Å². The molecule has 0 saturated carbocycles. The van der Waals surface area contributed by atoms with Gasteiger partial charge in [-0.25, -0.2) is 4.98 Å². The van der Waals surface area contributed by atoms with Gasteiger partial charge in [-0.3, -0.25) is 4.79 Å². The number of hydrogen-bond acceptors (Lipinski definition) is 4. The summed E-state index contributed by atoms with van der Waals surface area (Å²) in [7, 11) is 0. The van der Waals surface area contributed by atoms with Crippen LogP contribution in [0.15, 0.2) is 46.5 Å². The van der Waals surface area contributed by atoms with Gasteiger partial charge < -0.3 is 5.32 Å². The van der Waals surface area contributed by atoms with Gasteiger partial charge in [0.25, 0.3) is 0 Å². The molecule has 0 unspecified atom stereocenters. The van der Waals surface area contributed by atoms with Crippen molar-refractivity contribution in [1.82, 2.24) is 4.98 Å². The smallest absolute Gasteiger partial charge is 0.230 e. The summed E-state index contributed by atoms with van der Waals surface area (Å²) in [5.74, 6) is -0.0424. The van der Waals surface area contributed by atoms with E-state index in [4.69, 9.17) is 0 Å². The fraction of sp³-hybridized carbons (Fsp3) is 0.0667. The van der Waals surface area contributed by atoms with Crippen LogP contribution >= 0.6 is 45.3 Å². The lowest BCUT2D eigenvalue weighted by molar-refractivity contribution is -0.115. The summed E-state index contributed by atoms with van der Waals surface area (Å²) in [6.07, 6.45) is 0.298. The first-order chi connectivity index (χ1) is 10.2. The standard InChI is InChI=1S/C15H11IN2OS2/c16-11-2-1-3-12(6-11)17-14(19)7-13-9-21-15(18-13)10-4-5-20-8-10/h1-6,8-9H,7H2,(H,17,19). The highest BCUT2D eigenvalue weighted by molar-refractivity contribution is 14.1. The van der Waals surface area contributed by atoms with Gasteiger partial charge in [-0.15, -0.1) is 11.3 Å². The minimum atomic E-state index is -0.0424. The second-order valence-electron chi connectivity index (χ2n) is 4.39. The molecule has 3 rings (SSSR count). The Bertz CT molecular complexity index is 753. The number of anilines is 1. The maximum absolute atomic E-state index is 12.0. The topological polar surface area (TPSA) is 42.0 Å². The van der Waals surface area contributed by atoms with Gasteiger partial charge in [0, 0.05) is 25.6 Å². The molecule has 106 valence electrons. The van der Waals surface area contributed by atoms with Crippen molar-refractivity contribution >= 4 is 56.9 Å². The van der Waals surface area contributed by atoms with Gasteiger partial charge in [0.15, 0.2) is 0 Å². The quantitative estimate of drug-likeness (QED) is 0.617. The molecular formula is C15H11IN2OS2. The van der Waals surface area contributed by atoms with Crippen molar-refractivity contribution in [2.45, 2.75) is 6.42 Å². The predicted octanol–water partition coefficient (Wildman–Crippen LogP) is 4.66. The van der Waals surface area contributed by atoms with E-state index in [1.165, 1.54) is 0 Å². The van der Waals surface area contributed by atoms with Crippen LogP contribution in [-0.4, -0.2) is 10.9 Å². The molecule has 1 aromatic carbocycles. The van der Waals surface area contributed by atoms with E-state index in [0.29, 0.717) is 6.42 Å². The molecule has 0 bridgehead atoms. The first kappa shape index (κ1) is 14.7. The summed E-state index contributed by atoms with van der Waals surface area (Å²) >= 11 is 5.44. The van der Waals surface area contributed by atoms with Gasteiger partial charge in [-0.2, -0.15) is 11.3 Å². The van der Waals surface area contributed by atoms with Crippen LogP contribution < -0.4 is 5.32 Å². The Balaban J connectivity index is 1.65. The van der Waals surface area contributed by atoms with Crippen LogP contribution in [0.4, 0.5) is 5.69 Å². The second kappa shape index (κ2) is 6.67. The molecule has 0 fully saturated rings. The zero-order chi connectivity index (χ0) is 14.7. The lowest BCUT2D eigenvalue weighted by Gasteiger charge is -2.04. The number of amides is 1. The molecule has 0 spiro atoms. The Morgan fingerprint density at radius 1 is 1.29 bits per heavy atom. The van der Waals surface area contributed by atoms with Gasteiger partial charge in [0.05, 0.1) is 12.1 Å². The molecule has 0 aliphatic heterocycles. The van der Waals surface area contributed by atoms with Crippen molar-refractivity contribution in [2.75, 3.05) is 5.32 Å². The van der Waals surface area contributed by atoms with Gasteiger partial charge in [0.2, 0.25) is 5.91 Å². The highest BCUT2D eigenvalue weighted by atomic mass is 127. The molecule has 3 nitrogen and oxygen atoms in total. The molecule has 0 aliphatic rings. The largest absolute Gasteiger partial charge is 0.326 e. The van der Waals surface area contributed by atoms with E-state index in [9.17, 15) is 4.79 Å². The van der Waals surface area contributed by atoms with Crippen LogP contribution in [0, 0.1) is 3.57 Å². The molecule has 21 heavy (non-hydrogen) atoms. The Hall–Kier alpha value is -1.25. The Morgan fingerprint density at radius 3 is 2.95 bits per heavy atom. The Labute approximate surface area is 144 Å². The number of thiophene rings is 1. The molecule has 0 saturated heterocycles. The Morgan fingerprint density at radius 2 is 2.19 bits per heavy atom. The van der Waals surface area contributed by atoms with Gasteiger partial charge in [-0.05, 0) is 52.2 Å². The maximum Gasteiger partial charge on any atom is 0.230 e. The van der Waals surface area contributed by atoms with Crippen LogP contribution in [0.2, 0.25) is 0 Å². The number of nitrogens with one attached hydrogen (secondary N) is 1. The normalized spacial score (nSPS) is 10.5. The third kappa shape index (κ3) is 3.90. The SMILES string of the molecule is O=C(Cc1csc(-c2ccsc2)n1)Nc1cccc(I)c1. The molecule has 6 heteroatoms. The molecule has 0 radical (unpaired) electrons. The summed E-state index contributed by atoms with van der Waals surface area (Å²) < 4.78 is 1.10. The number of carbonyl (C=O) groups is 1. The third-order valence-electron chi connectivity index (χ3n) is 2.77. The number of rotatable bonds is 4. The molecule has 1 N–H and O–H groups in total. The van der Waals surface area contributed by atoms with Crippen molar-refractivity contribution in [3.63, 3.8) is 0 Å². The maximum atomic E-state index is 12.0.